The predicted octanol–water partition coefficient (Wildman–Crippen LogP) is 7.37. The van der Waals surface area contributed by atoms with Crippen molar-refractivity contribution < 1.29 is 4.74 Å². The molecule has 0 amide bonds. The normalized spacial score (nSPS) is 18.7. The van der Waals surface area contributed by atoms with Crippen molar-refractivity contribution in [2.45, 2.75) is 58.3 Å². The molecule has 0 heterocycles. The van der Waals surface area contributed by atoms with Crippen molar-refractivity contribution >= 4 is 31.7 Å². The quantitative estimate of drug-likeness (QED) is 0.343. The molecule has 1 nitrogen and oxygen atoms in total. The average Bonchev–Trinajstić information content (AvgIpc) is 2.64. The second-order valence-corrected chi connectivity index (χ2v) is 9.77. The fraction of sp³-hybridized carbons (Fsp3) is 0.417. The Bertz CT molecular complexity index is 841. The standard InChI is InChI=1S/C24H29IO/c1-16(22(25)17-7-10-19(26-6)11-8-17)18-9-12-20-21(15-18)24(4,5)14-13-23(20,2)3/h7-12,15H,13-14H2,1-6H3. The SMILES string of the molecule is COc1ccc(C(I)=C(C)c2ccc3c(c2)C(C)(C)CCC3(C)C)cc1. The van der Waals surface area contributed by atoms with Crippen molar-refractivity contribution in [1.82, 2.24) is 0 Å². The maximum Gasteiger partial charge on any atom is 0.118 e. The van der Waals surface area contributed by atoms with Crippen LogP contribution in [0.1, 0.15) is 69.7 Å². The molecule has 0 saturated heterocycles. The molecule has 0 radical (unpaired) electrons. The summed E-state index contributed by atoms with van der Waals surface area (Å²) in [6.45, 7) is 11.8. The average molecular weight is 460 g/mol. The number of allylic oxidation sites excluding steroid dienone is 1. The Balaban J connectivity index is 2.06. The highest BCUT2D eigenvalue weighted by molar-refractivity contribution is 14.1. The van der Waals surface area contributed by atoms with Crippen LogP contribution in [0.2, 0.25) is 0 Å². The lowest BCUT2D eigenvalue weighted by molar-refractivity contribution is 0.332. The number of hydrogen-bond acceptors (Lipinski definition) is 1. The molecule has 2 aromatic rings. The molecule has 0 bridgehead atoms. The fourth-order valence-corrected chi connectivity index (χ4v) is 4.57. The summed E-state index contributed by atoms with van der Waals surface area (Å²) in [6, 6.07) is 15.4. The third-order valence-electron chi connectivity index (χ3n) is 5.96. The molecule has 0 fully saturated rings. The van der Waals surface area contributed by atoms with Crippen LogP contribution in [0, 0.1) is 0 Å². The van der Waals surface area contributed by atoms with Gasteiger partial charge in [-0.15, -0.1) is 0 Å². The number of benzene rings is 2. The van der Waals surface area contributed by atoms with Crippen molar-refractivity contribution in [2.75, 3.05) is 7.11 Å². The van der Waals surface area contributed by atoms with Gasteiger partial charge in [-0.1, -0.05) is 58.0 Å². The Morgan fingerprint density at radius 2 is 1.38 bits per heavy atom. The summed E-state index contributed by atoms with van der Waals surface area (Å²) >= 11 is 2.47. The zero-order chi connectivity index (χ0) is 19.1. The van der Waals surface area contributed by atoms with Crippen LogP contribution in [0.3, 0.4) is 0 Å². The predicted molar refractivity (Wildman–Crippen MR) is 121 cm³/mol. The molecular formula is C24H29IO. The molecule has 1 aliphatic carbocycles. The molecule has 0 atom stereocenters. The molecule has 26 heavy (non-hydrogen) atoms. The van der Waals surface area contributed by atoms with Crippen LogP contribution < -0.4 is 4.74 Å². The van der Waals surface area contributed by atoms with Gasteiger partial charge < -0.3 is 4.74 Å². The van der Waals surface area contributed by atoms with Gasteiger partial charge in [0.05, 0.1) is 7.11 Å². The first kappa shape index (κ1) is 19.5. The van der Waals surface area contributed by atoms with Crippen molar-refractivity contribution in [3.8, 4) is 5.75 Å². The summed E-state index contributed by atoms with van der Waals surface area (Å²) in [7, 11) is 1.71. The van der Waals surface area contributed by atoms with Crippen molar-refractivity contribution in [1.29, 1.82) is 0 Å². The Hall–Kier alpha value is -1.29. The Morgan fingerprint density at radius 3 is 1.96 bits per heavy atom. The molecular weight excluding hydrogens is 431 g/mol. The molecule has 1 aliphatic rings. The van der Waals surface area contributed by atoms with E-state index in [1.54, 1.807) is 7.11 Å². The first-order valence-electron chi connectivity index (χ1n) is 9.32. The van der Waals surface area contributed by atoms with E-state index in [1.807, 2.05) is 12.1 Å². The maximum absolute atomic E-state index is 5.28. The van der Waals surface area contributed by atoms with Gasteiger partial charge in [-0.05, 0) is 93.1 Å². The highest BCUT2D eigenvalue weighted by atomic mass is 127. The first-order valence-corrected chi connectivity index (χ1v) is 10.4. The number of rotatable bonds is 3. The van der Waals surface area contributed by atoms with E-state index in [2.05, 4.69) is 87.5 Å². The second-order valence-electron chi connectivity index (χ2n) is 8.70. The lowest BCUT2D eigenvalue weighted by Gasteiger charge is -2.42. The van der Waals surface area contributed by atoms with Crippen molar-refractivity contribution in [3.63, 3.8) is 0 Å². The van der Waals surface area contributed by atoms with E-state index >= 15 is 0 Å². The Morgan fingerprint density at radius 1 is 0.846 bits per heavy atom. The number of halogens is 1. The van der Waals surface area contributed by atoms with Crippen LogP contribution >= 0.6 is 22.6 Å². The Kier molecular flexibility index (Phi) is 5.26. The van der Waals surface area contributed by atoms with Crippen LogP contribution in [-0.2, 0) is 10.8 Å². The van der Waals surface area contributed by atoms with Crippen LogP contribution in [0.5, 0.6) is 5.75 Å². The fourth-order valence-electron chi connectivity index (χ4n) is 3.90. The molecule has 0 aromatic heterocycles. The lowest BCUT2D eigenvalue weighted by Crippen LogP contribution is -2.33. The van der Waals surface area contributed by atoms with E-state index < -0.39 is 0 Å². The number of hydrogen-bond donors (Lipinski definition) is 0. The maximum atomic E-state index is 5.28. The van der Waals surface area contributed by atoms with Gasteiger partial charge in [0, 0.05) is 3.58 Å². The van der Waals surface area contributed by atoms with Crippen LogP contribution in [-0.4, -0.2) is 7.11 Å². The highest BCUT2D eigenvalue weighted by Crippen LogP contribution is 2.46. The smallest absolute Gasteiger partial charge is 0.118 e. The molecule has 2 aromatic carbocycles. The minimum absolute atomic E-state index is 0.243. The summed E-state index contributed by atoms with van der Waals surface area (Å²) in [5.74, 6) is 0.897. The first-order chi connectivity index (χ1) is 12.2. The highest BCUT2D eigenvalue weighted by Gasteiger charge is 2.36. The largest absolute Gasteiger partial charge is 0.497 e. The van der Waals surface area contributed by atoms with E-state index in [0.717, 1.165) is 5.75 Å². The van der Waals surface area contributed by atoms with Crippen LogP contribution in [0.4, 0.5) is 0 Å². The zero-order valence-corrected chi connectivity index (χ0v) is 18.9. The van der Waals surface area contributed by atoms with Crippen LogP contribution in [0.15, 0.2) is 42.5 Å². The molecule has 0 aliphatic heterocycles. The Labute approximate surface area is 172 Å². The summed E-state index contributed by atoms with van der Waals surface area (Å²) in [5.41, 5.74) is 7.44. The van der Waals surface area contributed by atoms with Crippen molar-refractivity contribution in [2.24, 2.45) is 0 Å². The number of methoxy groups -OCH3 is 1. The van der Waals surface area contributed by atoms with Gasteiger partial charge >= 0.3 is 0 Å². The zero-order valence-electron chi connectivity index (χ0n) is 16.7. The molecule has 138 valence electrons. The molecule has 0 unspecified atom stereocenters. The van der Waals surface area contributed by atoms with Gasteiger partial charge in [-0.3, -0.25) is 0 Å². The summed E-state index contributed by atoms with van der Waals surface area (Å²) in [6.07, 6.45) is 2.50. The van der Waals surface area contributed by atoms with Gasteiger partial charge in [-0.25, -0.2) is 0 Å². The monoisotopic (exact) mass is 460 g/mol. The van der Waals surface area contributed by atoms with E-state index in [0.29, 0.717) is 0 Å². The van der Waals surface area contributed by atoms with Gasteiger partial charge in [0.15, 0.2) is 0 Å². The van der Waals surface area contributed by atoms with Gasteiger partial charge in [-0.2, -0.15) is 0 Å². The molecule has 3 rings (SSSR count). The third-order valence-corrected chi connectivity index (χ3v) is 7.39. The minimum atomic E-state index is 0.243. The van der Waals surface area contributed by atoms with E-state index in [9.17, 15) is 0 Å². The number of ether oxygens (including phenoxy) is 1. The van der Waals surface area contributed by atoms with Gasteiger partial charge in [0.2, 0.25) is 0 Å². The van der Waals surface area contributed by atoms with E-state index in [4.69, 9.17) is 4.74 Å². The second kappa shape index (κ2) is 7.03. The van der Waals surface area contributed by atoms with Gasteiger partial charge in [0.1, 0.15) is 5.75 Å². The molecule has 0 saturated carbocycles. The van der Waals surface area contributed by atoms with E-state index in [-0.39, 0.29) is 10.8 Å². The molecule has 2 heteroatoms. The summed E-state index contributed by atoms with van der Waals surface area (Å²) < 4.78 is 6.57. The molecule has 0 spiro atoms. The minimum Gasteiger partial charge on any atom is -0.497 e. The summed E-state index contributed by atoms with van der Waals surface area (Å²) in [4.78, 5) is 0. The van der Waals surface area contributed by atoms with Crippen LogP contribution in [0.25, 0.3) is 9.15 Å². The molecule has 0 N–H and O–H groups in total. The lowest BCUT2D eigenvalue weighted by atomic mass is 9.63. The third kappa shape index (κ3) is 3.58. The number of fused-ring (bicyclic) bond motifs is 1. The van der Waals surface area contributed by atoms with Crippen molar-refractivity contribution in [3.05, 3.63) is 64.7 Å². The summed E-state index contributed by atoms with van der Waals surface area (Å²) in [5, 5.41) is 0. The topological polar surface area (TPSA) is 9.23 Å². The van der Waals surface area contributed by atoms with E-state index in [1.165, 1.54) is 44.2 Å². The van der Waals surface area contributed by atoms with Gasteiger partial charge in [0.25, 0.3) is 0 Å².